The number of benzene rings is 1. The Morgan fingerprint density at radius 1 is 1.39 bits per heavy atom. The van der Waals surface area contributed by atoms with Crippen LogP contribution in [0.25, 0.3) is 5.57 Å². The van der Waals surface area contributed by atoms with Crippen molar-refractivity contribution in [3.63, 3.8) is 0 Å². The van der Waals surface area contributed by atoms with E-state index in [1.54, 1.807) is 0 Å². The SMILES string of the molecule is CC(=O)Nc1cccc(C2=CCNC(CCCNC(=O)O)C2)c1. The van der Waals surface area contributed by atoms with E-state index in [9.17, 15) is 9.59 Å². The molecule has 23 heavy (non-hydrogen) atoms. The summed E-state index contributed by atoms with van der Waals surface area (Å²) in [5.74, 6) is -0.0785. The van der Waals surface area contributed by atoms with Gasteiger partial charge in [0.1, 0.15) is 0 Å². The maximum Gasteiger partial charge on any atom is 0.404 e. The van der Waals surface area contributed by atoms with Gasteiger partial charge in [-0.3, -0.25) is 4.79 Å². The van der Waals surface area contributed by atoms with Gasteiger partial charge in [-0.1, -0.05) is 18.2 Å². The van der Waals surface area contributed by atoms with Crippen LogP contribution < -0.4 is 16.0 Å². The fourth-order valence-corrected chi connectivity index (χ4v) is 2.75. The van der Waals surface area contributed by atoms with Gasteiger partial charge in [0.2, 0.25) is 5.91 Å². The molecule has 0 saturated heterocycles. The molecule has 0 radical (unpaired) electrons. The summed E-state index contributed by atoms with van der Waals surface area (Å²) in [6.07, 6.45) is 3.82. The molecule has 1 atom stereocenters. The number of carbonyl (C=O) groups is 2. The topological polar surface area (TPSA) is 90.5 Å². The first kappa shape index (κ1) is 17.0. The minimum atomic E-state index is -0.975. The van der Waals surface area contributed by atoms with Crippen LogP contribution in [-0.2, 0) is 4.79 Å². The van der Waals surface area contributed by atoms with E-state index in [2.05, 4.69) is 22.0 Å². The minimum absolute atomic E-state index is 0.0785. The molecule has 1 aromatic carbocycles. The highest BCUT2D eigenvalue weighted by atomic mass is 16.4. The van der Waals surface area contributed by atoms with Crippen molar-refractivity contribution in [1.29, 1.82) is 0 Å². The highest BCUT2D eigenvalue weighted by Crippen LogP contribution is 2.26. The molecular weight excluding hydrogens is 294 g/mol. The third kappa shape index (κ3) is 5.75. The monoisotopic (exact) mass is 317 g/mol. The standard InChI is InChI=1S/C17H23N3O3/c1-12(21)20-16-5-2-4-13(11-16)14-7-9-18-15(10-14)6-3-8-19-17(22)23/h2,4-5,7,11,15,18-19H,3,6,8-10H2,1H3,(H,20,21)(H,22,23). The Balaban J connectivity index is 1.91. The maximum atomic E-state index is 11.2. The van der Waals surface area contributed by atoms with Crippen LogP contribution in [0.5, 0.6) is 0 Å². The second-order valence-electron chi connectivity index (χ2n) is 5.67. The van der Waals surface area contributed by atoms with Gasteiger partial charge in [0, 0.05) is 31.7 Å². The Morgan fingerprint density at radius 3 is 2.96 bits per heavy atom. The fraction of sp³-hybridized carbons (Fsp3) is 0.412. The highest BCUT2D eigenvalue weighted by molar-refractivity contribution is 5.89. The summed E-state index contributed by atoms with van der Waals surface area (Å²) >= 11 is 0. The van der Waals surface area contributed by atoms with Gasteiger partial charge in [-0.15, -0.1) is 0 Å². The lowest BCUT2D eigenvalue weighted by atomic mass is 9.93. The fourth-order valence-electron chi connectivity index (χ4n) is 2.75. The van der Waals surface area contributed by atoms with Gasteiger partial charge in [0.15, 0.2) is 0 Å². The van der Waals surface area contributed by atoms with Gasteiger partial charge in [-0.05, 0) is 42.5 Å². The zero-order chi connectivity index (χ0) is 16.7. The van der Waals surface area contributed by atoms with Crippen molar-refractivity contribution < 1.29 is 14.7 Å². The lowest BCUT2D eigenvalue weighted by Crippen LogP contribution is -2.34. The molecule has 1 unspecified atom stereocenters. The number of carbonyl (C=O) groups excluding carboxylic acids is 1. The highest BCUT2D eigenvalue weighted by Gasteiger charge is 2.16. The van der Waals surface area contributed by atoms with Crippen LogP contribution in [0.2, 0.25) is 0 Å². The molecule has 1 aliphatic heterocycles. The first-order valence-corrected chi connectivity index (χ1v) is 7.82. The third-order valence-electron chi connectivity index (χ3n) is 3.78. The van der Waals surface area contributed by atoms with E-state index < -0.39 is 6.09 Å². The molecule has 6 heteroatoms. The van der Waals surface area contributed by atoms with E-state index in [-0.39, 0.29) is 5.91 Å². The van der Waals surface area contributed by atoms with Crippen molar-refractivity contribution in [2.24, 2.45) is 0 Å². The van der Waals surface area contributed by atoms with Gasteiger partial charge in [0.05, 0.1) is 0 Å². The smallest absolute Gasteiger partial charge is 0.404 e. The third-order valence-corrected chi connectivity index (χ3v) is 3.78. The van der Waals surface area contributed by atoms with E-state index >= 15 is 0 Å². The molecule has 2 rings (SSSR count). The summed E-state index contributed by atoms with van der Waals surface area (Å²) in [6, 6.07) is 8.19. The molecule has 0 bridgehead atoms. The van der Waals surface area contributed by atoms with Crippen molar-refractivity contribution in [2.45, 2.75) is 32.2 Å². The molecule has 1 aromatic rings. The van der Waals surface area contributed by atoms with Crippen LogP contribution >= 0.6 is 0 Å². The van der Waals surface area contributed by atoms with Gasteiger partial charge < -0.3 is 21.1 Å². The number of nitrogens with one attached hydrogen (secondary N) is 3. The number of hydrogen-bond acceptors (Lipinski definition) is 3. The molecule has 0 spiro atoms. The number of anilines is 1. The summed E-state index contributed by atoms with van der Waals surface area (Å²) < 4.78 is 0. The molecule has 1 aliphatic rings. The lowest BCUT2D eigenvalue weighted by Gasteiger charge is -2.25. The molecule has 6 nitrogen and oxygen atoms in total. The molecule has 4 N–H and O–H groups in total. The summed E-state index contributed by atoms with van der Waals surface area (Å²) in [4.78, 5) is 21.6. The van der Waals surface area contributed by atoms with Crippen molar-refractivity contribution in [2.75, 3.05) is 18.4 Å². The molecule has 124 valence electrons. The predicted molar refractivity (Wildman–Crippen MR) is 90.4 cm³/mol. The minimum Gasteiger partial charge on any atom is -0.465 e. The average Bonchev–Trinajstić information content (AvgIpc) is 2.51. The van der Waals surface area contributed by atoms with Crippen LogP contribution in [0.3, 0.4) is 0 Å². The lowest BCUT2D eigenvalue weighted by molar-refractivity contribution is -0.114. The molecule has 0 aromatic heterocycles. The predicted octanol–water partition coefficient (Wildman–Crippen LogP) is 2.44. The maximum absolute atomic E-state index is 11.2. The Hall–Kier alpha value is -2.34. The van der Waals surface area contributed by atoms with Gasteiger partial charge in [0.25, 0.3) is 0 Å². The van der Waals surface area contributed by atoms with E-state index in [1.807, 2.05) is 24.3 Å². The van der Waals surface area contributed by atoms with Gasteiger partial charge in [-0.2, -0.15) is 0 Å². The number of rotatable bonds is 6. The molecule has 2 amide bonds. The van der Waals surface area contributed by atoms with E-state index in [1.165, 1.54) is 12.5 Å². The quantitative estimate of drug-likeness (QED) is 0.607. The zero-order valence-electron chi connectivity index (χ0n) is 13.3. The Kier molecular flexibility index (Phi) is 6.17. The van der Waals surface area contributed by atoms with Crippen molar-refractivity contribution in [3.8, 4) is 0 Å². The second kappa shape index (κ2) is 8.33. The Labute approximate surface area is 136 Å². The van der Waals surface area contributed by atoms with E-state index in [0.717, 1.165) is 37.1 Å². The summed E-state index contributed by atoms with van der Waals surface area (Å²) in [7, 11) is 0. The Bertz CT molecular complexity index is 599. The van der Waals surface area contributed by atoms with Crippen molar-refractivity contribution in [3.05, 3.63) is 35.9 Å². The van der Waals surface area contributed by atoms with Crippen LogP contribution in [0.1, 0.15) is 31.7 Å². The normalized spacial score (nSPS) is 17.3. The first-order valence-electron chi connectivity index (χ1n) is 7.82. The Morgan fingerprint density at radius 2 is 2.22 bits per heavy atom. The van der Waals surface area contributed by atoms with E-state index in [0.29, 0.717) is 12.6 Å². The van der Waals surface area contributed by atoms with Gasteiger partial charge >= 0.3 is 6.09 Å². The van der Waals surface area contributed by atoms with E-state index in [4.69, 9.17) is 5.11 Å². The van der Waals surface area contributed by atoms with Crippen LogP contribution in [0, 0.1) is 0 Å². The van der Waals surface area contributed by atoms with Gasteiger partial charge in [-0.25, -0.2) is 4.79 Å². The summed E-state index contributed by atoms with van der Waals surface area (Å²) in [5.41, 5.74) is 3.18. The molecule has 0 fully saturated rings. The first-order chi connectivity index (χ1) is 11.0. The molecule has 0 aliphatic carbocycles. The van der Waals surface area contributed by atoms with Crippen molar-refractivity contribution in [1.82, 2.24) is 10.6 Å². The summed E-state index contributed by atoms with van der Waals surface area (Å²) in [5, 5.41) is 17.2. The number of amides is 2. The summed E-state index contributed by atoms with van der Waals surface area (Å²) in [6.45, 7) is 2.78. The van der Waals surface area contributed by atoms with Crippen LogP contribution in [0.15, 0.2) is 30.3 Å². The van der Waals surface area contributed by atoms with Crippen molar-refractivity contribution >= 4 is 23.3 Å². The molecule has 1 heterocycles. The molecule has 0 saturated carbocycles. The molecular formula is C17H23N3O3. The van der Waals surface area contributed by atoms with Crippen LogP contribution in [-0.4, -0.2) is 36.2 Å². The largest absolute Gasteiger partial charge is 0.465 e. The number of hydrogen-bond donors (Lipinski definition) is 4. The second-order valence-corrected chi connectivity index (χ2v) is 5.67. The zero-order valence-corrected chi connectivity index (χ0v) is 13.3. The number of carboxylic acid groups (broad SMARTS) is 1. The average molecular weight is 317 g/mol. The van der Waals surface area contributed by atoms with Crippen LogP contribution in [0.4, 0.5) is 10.5 Å².